The predicted molar refractivity (Wildman–Crippen MR) is 98.3 cm³/mol. The zero-order valence-corrected chi connectivity index (χ0v) is 15.3. The van der Waals surface area contributed by atoms with Gasteiger partial charge in [-0.2, -0.15) is 0 Å². The van der Waals surface area contributed by atoms with Gasteiger partial charge in [0.05, 0.1) is 10.3 Å². The van der Waals surface area contributed by atoms with Gasteiger partial charge in [0.15, 0.2) is 0 Å². The summed E-state index contributed by atoms with van der Waals surface area (Å²) in [5, 5.41) is 2.70. The van der Waals surface area contributed by atoms with Crippen LogP contribution in [-0.4, -0.2) is 23.8 Å². The van der Waals surface area contributed by atoms with Crippen molar-refractivity contribution in [3.05, 3.63) is 56.7 Å². The van der Waals surface area contributed by atoms with E-state index in [2.05, 4.69) is 21.2 Å². The monoisotopic (exact) mass is 392 g/mol. The molecule has 0 aliphatic carbocycles. The van der Waals surface area contributed by atoms with Crippen LogP contribution in [0.5, 0.6) is 0 Å². The van der Waals surface area contributed by atoms with Gasteiger partial charge in [-0.1, -0.05) is 12.1 Å². The topological polar surface area (TPSA) is 49.4 Å². The molecule has 2 aromatic rings. The van der Waals surface area contributed by atoms with E-state index in [1.165, 1.54) is 6.92 Å². The maximum atomic E-state index is 12.1. The van der Waals surface area contributed by atoms with E-state index in [9.17, 15) is 9.59 Å². The zero-order chi connectivity index (χ0) is 16.8. The van der Waals surface area contributed by atoms with Crippen molar-refractivity contribution in [1.82, 2.24) is 4.90 Å². The number of halogens is 1. The van der Waals surface area contributed by atoms with Gasteiger partial charge < -0.3 is 10.2 Å². The molecule has 0 radical (unpaired) electrons. The molecular weight excluding hydrogens is 376 g/mol. The number of benzene rings is 1. The number of nitrogens with one attached hydrogen (secondary N) is 1. The fourth-order valence-electron chi connectivity index (χ4n) is 1.92. The van der Waals surface area contributed by atoms with Gasteiger partial charge in [-0.25, -0.2) is 0 Å². The number of nitrogens with zero attached hydrogens (tertiary/aromatic N) is 1. The van der Waals surface area contributed by atoms with Gasteiger partial charge in [-0.3, -0.25) is 9.59 Å². The van der Waals surface area contributed by atoms with E-state index in [0.29, 0.717) is 6.54 Å². The fraction of sp³-hybridized carbons (Fsp3) is 0.176. The Balaban J connectivity index is 1.93. The van der Waals surface area contributed by atoms with Crippen LogP contribution in [0.1, 0.15) is 17.4 Å². The average Bonchev–Trinajstić information content (AvgIpc) is 2.90. The summed E-state index contributed by atoms with van der Waals surface area (Å²) in [6.07, 6.45) is 3.32. The first-order chi connectivity index (χ1) is 10.9. The number of hydrogen-bond donors (Lipinski definition) is 1. The standard InChI is InChI=1S/C17H17BrN2O2S/c1-12(21)19-14-6-3-13(4-7-14)5-10-17(22)20(2)11-15-8-9-16(18)23-15/h3-10H,11H2,1-2H3,(H,19,21)/b10-5+. The lowest BCUT2D eigenvalue weighted by Crippen LogP contribution is -2.23. The normalized spacial score (nSPS) is 10.7. The lowest BCUT2D eigenvalue weighted by Gasteiger charge is -2.13. The molecule has 0 aliphatic heterocycles. The molecule has 6 heteroatoms. The summed E-state index contributed by atoms with van der Waals surface area (Å²) in [6, 6.07) is 11.3. The maximum absolute atomic E-state index is 12.1. The Morgan fingerprint density at radius 2 is 1.91 bits per heavy atom. The van der Waals surface area contributed by atoms with Crippen LogP contribution in [0.4, 0.5) is 5.69 Å². The van der Waals surface area contributed by atoms with E-state index in [0.717, 1.165) is 19.9 Å². The molecule has 23 heavy (non-hydrogen) atoms. The van der Waals surface area contributed by atoms with Crippen molar-refractivity contribution in [1.29, 1.82) is 0 Å². The van der Waals surface area contributed by atoms with Crippen molar-refractivity contribution in [3.8, 4) is 0 Å². The molecule has 0 atom stereocenters. The van der Waals surface area contributed by atoms with Crippen molar-refractivity contribution in [2.75, 3.05) is 12.4 Å². The molecule has 1 aromatic heterocycles. The van der Waals surface area contributed by atoms with Crippen LogP contribution in [0.25, 0.3) is 6.08 Å². The van der Waals surface area contributed by atoms with E-state index in [-0.39, 0.29) is 11.8 Å². The maximum Gasteiger partial charge on any atom is 0.246 e. The van der Waals surface area contributed by atoms with Crippen LogP contribution in [0.3, 0.4) is 0 Å². The van der Waals surface area contributed by atoms with Gasteiger partial charge in [-0.15, -0.1) is 11.3 Å². The van der Waals surface area contributed by atoms with E-state index >= 15 is 0 Å². The molecule has 1 heterocycles. The van der Waals surface area contributed by atoms with E-state index in [4.69, 9.17) is 0 Å². The minimum atomic E-state index is -0.106. The van der Waals surface area contributed by atoms with Gasteiger partial charge in [0.1, 0.15) is 0 Å². The second-order valence-electron chi connectivity index (χ2n) is 5.04. The molecule has 0 fully saturated rings. The first kappa shape index (κ1) is 17.4. The Morgan fingerprint density at radius 1 is 1.22 bits per heavy atom. The molecule has 2 amide bonds. The largest absolute Gasteiger partial charge is 0.337 e. The summed E-state index contributed by atoms with van der Waals surface area (Å²) in [7, 11) is 1.78. The molecule has 0 aliphatic rings. The summed E-state index contributed by atoms with van der Waals surface area (Å²) in [5.41, 5.74) is 1.64. The lowest BCUT2D eigenvalue weighted by molar-refractivity contribution is -0.125. The number of rotatable bonds is 5. The number of carbonyl (C=O) groups excluding carboxylic acids is 2. The summed E-state index contributed by atoms with van der Waals surface area (Å²) in [5.74, 6) is -0.161. The highest BCUT2D eigenvalue weighted by Crippen LogP contribution is 2.23. The first-order valence-corrected chi connectivity index (χ1v) is 8.60. The third-order valence-electron chi connectivity index (χ3n) is 3.05. The molecule has 0 spiro atoms. The van der Waals surface area contributed by atoms with Gasteiger partial charge in [0.2, 0.25) is 11.8 Å². The Hall–Kier alpha value is -1.92. The number of hydrogen-bond acceptors (Lipinski definition) is 3. The van der Waals surface area contributed by atoms with Crippen molar-refractivity contribution in [2.45, 2.75) is 13.5 Å². The number of thiophene rings is 1. The van der Waals surface area contributed by atoms with E-state index in [1.54, 1.807) is 47.6 Å². The number of amides is 2. The summed E-state index contributed by atoms with van der Waals surface area (Å²) < 4.78 is 1.06. The second-order valence-corrected chi connectivity index (χ2v) is 7.58. The number of anilines is 1. The second kappa shape index (κ2) is 8.08. The highest BCUT2D eigenvalue weighted by atomic mass is 79.9. The van der Waals surface area contributed by atoms with E-state index < -0.39 is 0 Å². The lowest BCUT2D eigenvalue weighted by atomic mass is 10.2. The molecule has 1 N–H and O–H groups in total. The SMILES string of the molecule is CC(=O)Nc1ccc(/C=C/C(=O)N(C)Cc2ccc(Br)s2)cc1. The fourth-order valence-corrected chi connectivity index (χ4v) is 3.46. The van der Waals surface area contributed by atoms with Gasteiger partial charge in [0.25, 0.3) is 0 Å². The minimum absolute atomic E-state index is 0.0551. The third kappa shape index (κ3) is 5.65. The Bertz CT molecular complexity index is 722. The summed E-state index contributed by atoms with van der Waals surface area (Å²) in [4.78, 5) is 25.9. The molecule has 0 saturated heterocycles. The van der Waals surface area contributed by atoms with Crippen molar-refractivity contribution >= 4 is 50.8 Å². The highest BCUT2D eigenvalue weighted by Gasteiger charge is 2.07. The van der Waals surface area contributed by atoms with Crippen LogP contribution < -0.4 is 5.32 Å². The molecule has 1 aromatic carbocycles. The Labute approximate surface area is 147 Å². The molecule has 0 bridgehead atoms. The molecule has 120 valence electrons. The van der Waals surface area contributed by atoms with Crippen molar-refractivity contribution < 1.29 is 9.59 Å². The van der Waals surface area contributed by atoms with Gasteiger partial charge >= 0.3 is 0 Å². The summed E-state index contributed by atoms with van der Waals surface area (Å²) in [6.45, 7) is 2.05. The highest BCUT2D eigenvalue weighted by molar-refractivity contribution is 9.11. The van der Waals surface area contributed by atoms with Crippen LogP contribution in [0.2, 0.25) is 0 Å². The van der Waals surface area contributed by atoms with E-state index in [1.807, 2.05) is 24.3 Å². The summed E-state index contributed by atoms with van der Waals surface area (Å²) >= 11 is 5.03. The first-order valence-electron chi connectivity index (χ1n) is 6.99. The zero-order valence-electron chi connectivity index (χ0n) is 12.9. The molecule has 4 nitrogen and oxygen atoms in total. The van der Waals surface area contributed by atoms with Crippen molar-refractivity contribution in [3.63, 3.8) is 0 Å². The quantitative estimate of drug-likeness (QED) is 0.777. The van der Waals surface area contributed by atoms with Crippen LogP contribution in [0.15, 0.2) is 46.3 Å². The van der Waals surface area contributed by atoms with Crippen LogP contribution in [0, 0.1) is 0 Å². The molecule has 0 unspecified atom stereocenters. The van der Waals surface area contributed by atoms with Gasteiger partial charge in [-0.05, 0) is 51.8 Å². The minimum Gasteiger partial charge on any atom is -0.337 e. The van der Waals surface area contributed by atoms with Crippen molar-refractivity contribution in [2.24, 2.45) is 0 Å². The Morgan fingerprint density at radius 3 is 2.48 bits per heavy atom. The molecule has 0 saturated carbocycles. The number of likely N-dealkylation sites (N-methyl/N-ethyl adjacent to an activating group) is 1. The average molecular weight is 393 g/mol. The smallest absolute Gasteiger partial charge is 0.246 e. The number of carbonyl (C=O) groups is 2. The Kier molecular flexibility index (Phi) is 6.12. The third-order valence-corrected chi connectivity index (χ3v) is 4.66. The van der Waals surface area contributed by atoms with Gasteiger partial charge in [0, 0.05) is 30.6 Å². The van der Waals surface area contributed by atoms with Crippen LogP contribution >= 0.6 is 27.3 Å². The molecular formula is C17H17BrN2O2S. The molecule has 2 rings (SSSR count). The van der Waals surface area contributed by atoms with Crippen LogP contribution in [-0.2, 0) is 16.1 Å². The predicted octanol–water partition coefficient (Wildman–Crippen LogP) is 4.14.